The second kappa shape index (κ2) is 4.88. The van der Waals surface area contributed by atoms with Crippen LogP contribution in [-0.2, 0) is 11.2 Å². The molecule has 3 N–H and O–H groups in total. The number of hydrogen-bond donors (Lipinski definition) is 2. The number of fused-ring (bicyclic) bond motifs is 1. The Morgan fingerprint density at radius 2 is 2.28 bits per heavy atom. The van der Waals surface area contributed by atoms with E-state index in [0.717, 1.165) is 37.4 Å². The summed E-state index contributed by atoms with van der Waals surface area (Å²) in [6, 6.07) is 6.30. The van der Waals surface area contributed by atoms with Gasteiger partial charge in [0.25, 0.3) is 0 Å². The van der Waals surface area contributed by atoms with Crippen LogP contribution in [-0.4, -0.2) is 19.3 Å². The second-order valence-electron chi connectivity index (χ2n) is 5.18. The second-order valence-corrected chi connectivity index (χ2v) is 5.18. The van der Waals surface area contributed by atoms with E-state index in [1.807, 2.05) is 0 Å². The first-order chi connectivity index (χ1) is 8.81. The van der Waals surface area contributed by atoms with Gasteiger partial charge in [-0.15, -0.1) is 0 Å². The van der Waals surface area contributed by atoms with E-state index in [2.05, 4.69) is 30.5 Å². The van der Waals surface area contributed by atoms with Crippen LogP contribution in [0.25, 0.3) is 0 Å². The molecule has 0 bridgehead atoms. The lowest BCUT2D eigenvalue weighted by molar-refractivity contribution is 0.0599. The molecular weight excluding hydrogens is 228 g/mol. The molecule has 18 heavy (non-hydrogen) atoms. The van der Waals surface area contributed by atoms with Crippen LogP contribution in [0, 0.1) is 5.92 Å². The third-order valence-electron chi connectivity index (χ3n) is 4.03. The Balaban J connectivity index is 1.94. The van der Waals surface area contributed by atoms with Gasteiger partial charge in [0.05, 0.1) is 18.8 Å². The summed E-state index contributed by atoms with van der Waals surface area (Å²) >= 11 is 0. The predicted molar refractivity (Wildman–Crippen MR) is 69.2 cm³/mol. The predicted octanol–water partition coefficient (Wildman–Crippen LogP) is 1.55. The highest BCUT2D eigenvalue weighted by atomic mass is 16.5. The van der Waals surface area contributed by atoms with Gasteiger partial charge >= 0.3 is 0 Å². The Morgan fingerprint density at radius 1 is 1.39 bits per heavy atom. The van der Waals surface area contributed by atoms with E-state index in [9.17, 15) is 0 Å². The lowest BCUT2D eigenvalue weighted by Crippen LogP contribution is -2.38. The molecule has 0 radical (unpaired) electrons. The summed E-state index contributed by atoms with van der Waals surface area (Å²) < 4.78 is 11.6. The average Bonchev–Trinajstić information content (AvgIpc) is 3.00. The topological polar surface area (TPSA) is 56.5 Å². The molecular formula is C14H20N2O2. The maximum Gasteiger partial charge on any atom is 0.127 e. The molecule has 0 spiro atoms. The molecule has 4 heteroatoms. The third kappa shape index (κ3) is 1.90. The fourth-order valence-corrected chi connectivity index (χ4v) is 2.99. The van der Waals surface area contributed by atoms with Gasteiger partial charge in [-0.3, -0.25) is 11.3 Å². The SMILES string of the molecule is CC1CCOC1C(NN)c1cccc2c1OCC2. The van der Waals surface area contributed by atoms with E-state index < -0.39 is 0 Å². The van der Waals surface area contributed by atoms with Crippen molar-refractivity contribution in [1.29, 1.82) is 0 Å². The van der Waals surface area contributed by atoms with Gasteiger partial charge < -0.3 is 9.47 Å². The van der Waals surface area contributed by atoms with Crippen molar-refractivity contribution in [3.8, 4) is 5.75 Å². The average molecular weight is 248 g/mol. The van der Waals surface area contributed by atoms with Crippen molar-refractivity contribution in [2.24, 2.45) is 11.8 Å². The third-order valence-corrected chi connectivity index (χ3v) is 4.03. The molecule has 3 unspecified atom stereocenters. The highest BCUT2D eigenvalue weighted by Crippen LogP contribution is 2.38. The minimum atomic E-state index is 0.00977. The number of ether oxygens (including phenoxy) is 2. The zero-order valence-corrected chi connectivity index (χ0v) is 10.7. The van der Waals surface area contributed by atoms with Crippen LogP contribution in [0.3, 0.4) is 0 Å². The highest BCUT2D eigenvalue weighted by molar-refractivity contribution is 5.46. The van der Waals surface area contributed by atoms with Gasteiger partial charge in [-0.1, -0.05) is 25.1 Å². The summed E-state index contributed by atoms with van der Waals surface area (Å²) in [6.45, 7) is 3.80. The molecule has 0 amide bonds. The summed E-state index contributed by atoms with van der Waals surface area (Å²) in [7, 11) is 0. The minimum absolute atomic E-state index is 0.00977. The molecule has 2 aliphatic rings. The molecule has 2 heterocycles. The molecule has 0 aromatic heterocycles. The lowest BCUT2D eigenvalue weighted by atomic mass is 9.91. The van der Waals surface area contributed by atoms with E-state index >= 15 is 0 Å². The molecule has 1 fully saturated rings. The largest absolute Gasteiger partial charge is 0.493 e. The minimum Gasteiger partial charge on any atom is -0.493 e. The molecule has 0 aliphatic carbocycles. The van der Waals surface area contributed by atoms with E-state index in [1.54, 1.807) is 0 Å². The number of rotatable bonds is 3. The maximum atomic E-state index is 5.83. The van der Waals surface area contributed by atoms with Crippen molar-refractivity contribution in [3.63, 3.8) is 0 Å². The number of para-hydroxylation sites is 1. The monoisotopic (exact) mass is 248 g/mol. The molecule has 3 atom stereocenters. The number of benzene rings is 1. The summed E-state index contributed by atoms with van der Waals surface area (Å²) in [5, 5.41) is 0. The van der Waals surface area contributed by atoms with Crippen LogP contribution >= 0.6 is 0 Å². The van der Waals surface area contributed by atoms with E-state index in [1.165, 1.54) is 5.56 Å². The first-order valence-corrected chi connectivity index (χ1v) is 6.63. The van der Waals surface area contributed by atoms with Crippen LogP contribution in [0.15, 0.2) is 18.2 Å². The Kier molecular flexibility index (Phi) is 3.24. The summed E-state index contributed by atoms with van der Waals surface area (Å²) in [6.07, 6.45) is 2.21. The first-order valence-electron chi connectivity index (χ1n) is 6.63. The van der Waals surface area contributed by atoms with E-state index in [0.29, 0.717) is 5.92 Å². The van der Waals surface area contributed by atoms with Crippen LogP contribution in [0.5, 0.6) is 5.75 Å². The Hall–Kier alpha value is -1.10. The number of nitrogens with two attached hydrogens (primary N) is 1. The smallest absolute Gasteiger partial charge is 0.127 e. The number of hydrazine groups is 1. The van der Waals surface area contributed by atoms with Crippen LogP contribution < -0.4 is 16.0 Å². The zero-order chi connectivity index (χ0) is 12.5. The molecule has 1 saturated heterocycles. The first kappa shape index (κ1) is 12.0. The summed E-state index contributed by atoms with van der Waals surface area (Å²) in [5.74, 6) is 7.28. The van der Waals surface area contributed by atoms with Crippen molar-refractivity contribution in [2.45, 2.75) is 31.9 Å². The fourth-order valence-electron chi connectivity index (χ4n) is 2.99. The van der Waals surface area contributed by atoms with Gasteiger partial charge in [0.15, 0.2) is 0 Å². The Labute approximate surface area is 107 Å². The van der Waals surface area contributed by atoms with E-state index in [4.69, 9.17) is 15.3 Å². The Bertz CT molecular complexity index is 436. The van der Waals surface area contributed by atoms with Gasteiger partial charge in [-0.25, -0.2) is 0 Å². The highest BCUT2D eigenvalue weighted by Gasteiger charge is 2.35. The van der Waals surface area contributed by atoms with Gasteiger partial charge in [-0.05, 0) is 17.9 Å². The summed E-state index contributed by atoms with van der Waals surface area (Å²) in [5.41, 5.74) is 5.32. The number of nitrogens with one attached hydrogen (secondary N) is 1. The Morgan fingerprint density at radius 3 is 3.00 bits per heavy atom. The molecule has 1 aromatic carbocycles. The molecule has 4 nitrogen and oxygen atoms in total. The van der Waals surface area contributed by atoms with Crippen molar-refractivity contribution in [1.82, 2.24) is 5.43 Å². The molecule has 1 aromatic rings. The molecule has 0 saturated carbocycles. The van der Waals surface area contributed by atoms with Gasteiger partial charge in [-0.2, -0.15) is 0 Å². The van der Waals surface area contributed by atoms with Crippen LogP contribution in [0.4, 0.5) is 0 Å². The van der Waals surface area contributed by atoms with Gasteiger partial charge in [0, 0.05) is 18.6 Å². The van der Waals surface area contributed by atoms with Crippen LogP contribution in [0.2, 0.25) is 0 Å². The van der Waals surface area contributed by atoms with Crippen LogP contribution in [0.1, 0.15) is 30.5 Å². The van der Waals surface area contributed by atoms with Crippen molar-refractivity contribution in [3.05, 3.63) is 29.3 Å². The van der Waals surface area contributed by atoms with E-state index in [-0.39, 0.29) is 12.1 Å². The standard InChI is InChI=1S/C14H20N2O2/c1-9-5-7-17-13(9)12(16-15)11-4-2-3-10-6-8-18-14(10)11/h2-4,9,12-13,16H,5-8,15H2,1H3. The van der Waals surface area contributed by atoms with Gasteiger partial charge in [0.2, 0.25) is 0 Å². The van der Waals surface area contributed by atoms with Gasteiger partial charge in [0.1, 0.15) is 5.75 Å². The fraction of sp³-hybridized carbons (Fsp3) is 0.571. The van der Waals surface area contributed by atoms with Crippen molar-refractivity contribution < 1.29 is 9.47 Å². The number of hydrogen-bond acceptors (Lipinski definition) is 4. The molecule has 2 aliphatic heterocycles. The molecule has 3 rings (SSSR count). The lowest BCUT2D eigenvalue weighted by Gasteiger charge is -2.27. The quantitative estimate of drug-likeness (QED) is 0.629. The zero-order valence-electron chi connectivity index (χ0n) is 10.7. The maximum absolute atomic E-state index is 5.83. The van der Waals surface area contributed by atoms with Crippen molar-refractivity contribution >= 4 is 0 Å². The van der Waals surface area contributed by atoms with Crippen molar-refractivity contribution in [2.75, 3.05) is 13.2 Å². The molecule has 98 valence electrons. The normalized spacial score (nSPS) is 27.9. The summed E-state index contributed by atoms with van der Waals surface area (Å²) in [4.78, 5) is 0.